The largest absolute Gasteiger partial charge is 0.292 e. The number of amides is 3. The van der Waals surface area contributed by atoms with Gasteiger partial charge in [0.25, 0.3) is 23.4 Å². The zero-order valence-corrected chi connectivity index (χ0v) is 19.9. The molecule has 0 aromatic heterocycles. The number of carbonyl (C=O) groups is 4. The van der Waals surface area contributed by atoms with Crippen LogP contribution in [0.25, 0.3) is 0 Å². The van der Waals surface area contributed by atoms with E-state index >= 15 is 0 Å². The van der Waals surface area contributed by atoms with Gasteiger partial charge in [-0.15, -0.1) is 0 Å². The molecule has 11 heteroatoms. The molecule has 3 amide bonds. The maximum absolute atomic E-state index is 13.5. The Morgan fingerprint density at radius 3 is 2.49 bits per heavy atom. The Morgan fingerprint density at radius 2 is 1.83 bits per heavy atom. The van der Waals surface area contributed by atoms with Crippen molar-refractivity contribution in [3.63, 3.8) is 0 Å². The Balaban J connectivity index is 1.73. The topological polar surface area (TPSA) is 118 Å². The third kappa shape index (κ3) is 4.56. The molecule has 180 valence electrons. The molecule has 0 unspecified atom stereocenters. The predicted octanol–water partition coefficient (Wildman–Crippen LogP) is 4.34. The summed E-state index contributed by atoms with van der Waals surface area (Å²) in [6.45, 7) is 1.11. The van der Waals surface area contributed by atoms with Crippen LogP contribution in [0.5, 0.6) is 0 Å². The molecular weight excluding hydrogens is 497 g/mol. The third-order valence-corrected chi connectivity index (χ3v) is 6.90. The lowest BCUT2D eigenvalue weighted by molar-refractivity contribution is -0.384. The quantitative estimate of drug-likeness (QED) is 0.185. The summed E-state index contributed by atoms with van der Waals surface area (Å²) in [6.07, 6.45) is 4.00. The molecule has 1 aliphatic heterocycles. The van der Waals surface area contributed by atoms with Crippen molar-refractivity contribution in [2.75, 3.05) is 6.54 Å². The number of nitro groups is 1. The number of fused-ring (bicyclic) bond motifs is 1. The summed E-state index contributed by atoms with van der Waals surface area (Å²) in [6, 6.07) is 9.02. The summed E-state index contributed by atoms with van der Waals surface area (Å²) in [4.78, 5) is 63.7. The maximum atomic E-state index is 13.5. The first-order valence-electron chi connectivity index (χ1n) is 10.7. The minimum atomic E-state index is -0.816. The fourth-order valence-electron chi connectivity index (χ4n) is 4.40. The van der Waals surface area contributed by atoms with Crippen molar-refractivity contribution in [2.45, 2.75) is 13.3 Å². The second-order valence-electron chi connectivity index (χ2n) is 8.37. The van der Waals surface area contributed by atoms with Gasteiger partial charge in [-0.3, -0.25) is 29.3 Å². The number of nitro benzene ring substituents is 1. The van der Waals surface area contributed by atoms with Gasteiger partial charge in [0.15, 0.2) is 5.78 Å². The van der Waals surface area contributed by atoms with Gasteiger partial charge in [-0.25, -0.2) is 5.01 Å². The minimum absolute atomic E-state index is 0.00730. The Hall–Kier alpha value is -3.56. The average molecular weight is 516 g/mol. The van der Waals surface area contributed by atoms with E-state index in [1.807, 2.05) is 12.2 Å². The van der Waals surface area contributed by atoms with Gasteiger partial charge < -0.3 is 0 Å². The molecule has 1 saturated heterocycles. The van der Waals surface area contributed by atoms with Gasteiger partial charge >= 0.3 is 0 Å². The number of imide groups is 1. The zero-order valence-electron chi connectivity index (χ0n) is 18.4. The lowest BCUT2D eigenvalue weighted by Gasteiger charge is -2.30. The van der Waals surface area contributed by atoms with Crippen LogP contribution in [0, 0.1) is 27.9 Å². The first-order valence-corrected chi connectivity index (χ1v) is 11.4. The summed E-state index contributed by atoms with van der Waals surface area (Å²) in [5, 5.41) is 12.9. The molecule has 0 N–H and O–H groups in total. The lowest BCUT2D eigenvalue weighted by atomic mass is 9.78. The Morgan fingerprint density at radius 1 is 1.09 bits per heavy atom. The van der Waals surface area contributed by atoms with Crippen LogP contribution in [-0.4, -0.2) is 45.0 Å². The number of carbonyl (C=O) groups excluding carboxylic acids is 4. The van der Waals surface area contributed by atoms with Gasteiger partial charge in [0.2, 0.25) is 0 Å². The molecule has 4 rings (SSSR count). The van der Waals surface area contributed by atoms with Crippen LogP contribution < -0.4 is 0 Å². The molecule has 1 fully saturated rings. The van der Waals surface area contributed by atoms with E-state index in [4.69, 9.17) is 23.2 Å². The fraction of sp³-hybridized carbons (Fsp3) is 0.250. The Labute approximate surface area is 210 Å². The molecule has 1 heterocycles. The van der Waals surface area contributed by atoms with Crippen LogP contribution in [-0.2, 0) is 9.59 Å². The summed E-state index contributed by atoms with van der Waals surface area (Å²) in [5.74, 6) is -4.23. The highest BCUT2D eigenvalue weighted by atomic mass is 35.5. The Kier molecular flexibility index (Phi) is 6.73. The number of ketones is 1. The maximum Gasteiger partial charge on any atom is 0.273 e. The lowest BCUT2D eigenvalue weighted by Crippen LogP contribution is -2.52. The van der Waals surface area contributed by atoms with E-state index in [1.165, 1.54) is 36.4 Å². The van der Waals surface area contributed by atoms with Crippen molar-refractivity contribution in [1.29, 1.82) is 0 Å². The number of benzene rings is 2. The molecule has 2 aromatic carbocycles. The first-order chi connectivity index (χ1) is 16.6. The highest BCUT2D eigenvalue weighted by molar-refractivity contribution is 6.42. The third-order valence-electron chi connectivity index (χ3n) is 6.16. The van der Waals surface area contributed by atoms with E-state index in [0.717, 1.165) is 16.1 Å². The van der Waals surface area contributed by atoms with Crippen LogP contribution in [0.1, 0.15) is 34.1 Å². The number of non-ortho nitro benzene ring substituents is 1. The zero-order chi connectivity index (χ0) is 25.4. The second kappa shape index (κ2) is 9.59. The van der Waals surface area contributed by atoms with Crippen molar-refractivity contribution >= 4 is 52.4 Å². The predicted molar refractivity (Wildman–Crippen MR) is 127 cm³/mol. The van der Waals surface area contributed by atoms with Crippen molar-refractivity contribution in [2.24, 2.45) is 17.8 Å². The molecule has 2 aromatic rings. The standard InChI is InChI=1S/C24H19Cl2N3O6/c1-13-4-2-7-17-21(13)24(33)28(23(17)32)27(22(31)15-8-9-18(25)19(26)11-15)12-20(30)14-5-3-6-16(10-14)29(34)35/h2-6,8-11,13,17,21H,7,12H2,1H3/t13-,17-,21+/m1/s1. The Bertz CT molecular complexity index is 1290. The number of hydrazine groups is 1. The van der Waals surface area contributed by atoms with Gasteiger partial charge in [0.1, 0.15) is 6.54 Å². The van der Waals surface area contributed by atoms with Crippen molar-refractivity contribution in [3.05, 3.63) is 85.9 Å². The van der Waals surface area contributed by atoms with Gasteiger partial charge in [0, 0.05) is 23.3 Å². The van der Waals surface area contributed by atoms with Gasteiger partial charge in [-0.05, 0) is 30.5 Å². The smallest absolute Gasteiger partial charge is 0.273 e. The molecule has 0 spiro atoms. The molecule has 3 atom stereocenters. The van der Waals surface area contributed by atoms with Crippen LogP contribution in [0.15, 0.2) is 54.6 Å². The van der Waals surface area contributed by atoms with E-state index < -0.39 is 46.8 Å². The number of hydrogen-bond acceptors (Lipinski definition) is 6. The average Bonchev–Trinajstić information content (AvgIpc) is 3.09. The van der Waals surface area contributed by atoms with E-state index in [-0.39, 0.29) is 32.8 Å². The van der Waals surface area contributed by atoms with Gasteiger partial charge in [-0.2, -0.15) is 5.01 Å². The van der Waals surface area contributed by atoms with E-state index in [2.05, 4.69) is 0 Å². The molecule has 35 heavy (non-hydrogen) atoms. The number of rotatable bonds is 6. The van der Waals surface area contributed by atoms with Gasteiger partial charge in [0.05, 0.1) is 26.8 Å². The van der Waals surface area contributed by atoms with Crippen LogP contribution in [0.4, 0.5) is 5.69 Å². The number of Topliss-reactive ketones (excluding diaryl/α,β-unsaturated/α-hetero) is 1. The SMILES string of the molecule is C[C@@H]1C=CC[C@H]2C(=O)N(N(CC(=O)c3cccc([N+](=O)[O-])c3)C(=O)c3ccc(Cl)c(Cl)c3)C(=O)[C@@H]12. The fourth-order valence-corrected chi connectivity index (χ4v) is 4.70. The van der Waals surface area contributed by atoms with E-state index in [1.54, 1.807) is 6.92 Å². The molecule has 0 saturated carbocycles. The molecule has 1 aliphatic carbocycles. The summed E-state index contributed by atoms with van der Waals surface area (Å²) < 4.78 is 0. The monoisotopic (exact) mass is 515 g/mol. The molecule has 9 nitrogen and oxygen atoms in total. The highest BCUT2D eigenvalue weighted by Crippen LogP contribution is 2.39. The minimum Gasteiger partial charge on any atom is -0.292 e. The molecular formula is C24H19Cl2N3O6. The van der Waals surface area contributed by atoms with E-state index in [0.29, 0.717) is 6.42 Å². The van der Waals surface area contributed by atoms with Crippen molar-refractivity contribution in [3.8, 4) is 0 Å². The summed E-state index contributed by atoms with van der Waals surface area (Å²) in [5.41, 5.74) is -0.344. The van der Waals surface area contributed by atoms with Gasteiger partial charge in [-0.1, -0.05) is 54.4 Å². The molecule has 2 aliphatic rings. The molecule has 0 radical (unpaired) electrons. The molecule has 0 bridgehead atoms. The van der Waals surface area contributed by atoms with Crippen molar-refractivity contribution in [1.82, 2.24) is 10.0 Å². The number of allylic oxidation sites excluding steroid dienone is 2. The summed E-state index contributed by atoms with van der Waals surface area (Å²) in [7, 11) is 0. The second-order valence-corrected chi connectivity index (χ2v) is 9.18. The van der Waals surface area contributed by atoms with Crippen LogP contribution in [0.2, 0.25) is 10.0 Å². The number of nitrogens with zero attached hydrogens (tertiary/aromatic N) is 3. The van der Waals surface area contributed by atoms with E-state index in [9.17, 15) is 29.3 Å². The number of halogens is 2. The normalized spacial score (nSPS) is 21.1. The highest BCUT2D eigenvalue weighted by Gasteiger charge is 2.53. The van der Waals surface area contributed by atoms with Crippen LogP contribution in [0.3, 0.4) is 0 Å². The van der Waals surface area contributed by atoms with Crippen molar-refractivity contribution < 1.29 is 24.1 Å². The number of hydrogen-bond donors (Lipinski definition) is 0. The van der Waals surface area contributed by atoms with Crippen LogP contribution >= 0.6 is 23.2 Å². The first kappa shape index (κ1) is 24.6. The summed E-state index contributed by atoms with van der Waals surface area (Å²) >= 11 is 12.0.